The summed E-state index contributed by atoms with van der Waals surface area (Å²) in [5, 5.41) is 0.582. The Hall–Kier alpha value is -0.650. The van der Waals surface area contributed by atoms with Crippen LogP contribution in [-0.2, 0) is 0 Å². The summed E-state index contributed by atoms with van der Waals surface area (Å²) in [6.45, 7) is 0.696. The fraction of sp³-hybridized carbons (Fsp3) is 0.333. The SMILES string of the molecule is NC(=S)C1CCCN1C(=O)c1ccc(Cl)c(Br)c1. The van der Waals surface area contributed by atoms with Gasteiger partial charge < -0.3 is 10.6 Å². The number of carbonyl (C=O) groups excluding carboxylic acids is 1. The second-order valence-electron chi connectivity index (χ2n) is 4.19. The van der Waals surface area contributed by atoms with Gasteiger partial charge in [-0.25, -0.2) is 0 Å². The highest BCUT2D eigenvalue weighted by Gasteiger charge is 2.31. The second kappa shape index (κ2) is 5.55. The minimum atomic E-state index is -0.123. The van der Waals surface area contributed by atoms with Crippen LogP contribution in [0.3, 0.4) is 0 Å². The zero-order valence-electron chi connectivity index (χ0n) is 9.53. The highest BCUT2D eigenvalue weighted by molar-refractivity contribution is 9.10. The average molecular weight is 348 g/mol. The summed E-state index contributed by atoms with van der Waals surface area (Å²) in [5.41, 5.74) is 6.26. The van der Waals surface area contributed by atoms with Crippen molar-refractivity contribution >= 4 is 50.6 Å². The van der Waals surface area contributed by atoms with E-state index in [0.29, 0.717) is 26.6 Å². The lowest BCUT2D eigenvalue weighted by molar-refractivity contribution is 0.0770. The summed E-state index contributed by atoms with van der Waals surface area (Å²) in [4.78, 5) is 14.5. The second-order valence-corrected chi connectivity index (χ2v) is 5.92. The maximum absolute atomic E-state index is 12.4. The summed E-state index contributed by atoms with van der Waals surface area (Å²) >= 11 is 14.2. The van der Waals surface area contributed by atoms with Gasteiger partial charge in [0.2, 0.25) is 0 Å². The topological polar surface area (TPSA) is 46.3 Å². The van der Waals surface area contributed by atoms with Gasteiger partial charge in [0.1, 0.15) is 0 Å². The van der Waals surface area contributed by atoms with E-state index < -0.39 is 0 Å². The van der Waals surface area contributed by atoms with Crippen molar-refractivity contribution < 1.29 is 4.79 Å². The van der Waals surface area contributed by atoms with Crippen LogP contribution in [0, 0.1) is 0 Å². The normalized spacial score (nSPS) is 19.0. The molecule has 1 aliphatic rings. The van der Waals surface area contributed by atoms with Gasteiger partial charge in [0, 0.05) is 16.6 Å². The lowest BCUT2D eigenvalue weighted by Gasteiger charge is -2.23. The van der Waals surface area contributed by atoms with Gasteiger partial charge in [0.15, 0.2) is 0 Å². The van der Waals surface area contributed by atoms with Crippen molar-refractivity contribution in [3.05, 3.63) is 33.3 Å². The molecule has 1 unspecified atom stereocenters. The zero-order chi connectivity index (χ0) is 13.3. The molecule has 96 valence electrons. The van der Waals surface area contributed by atoms with E-state index >= 15 is 0 Å². The smallest absolute Gasteiger partial charge is 0.254 e. The lowest BCUT2D eigenvalue weighted by atomic mass is 10.1. The number of thiocarbonyl (C=S) groups is 1. The van der Waals surface area contributed by atoms with Gasteiger partial charge in [0.25, 0.3) is 5.91 Å². The van der Waals surface area contributed by atoms with Crippen molar-refractivity contribution in [3.8, 4) is 0 Å². The molecule has 0 radical (unpaired) electrons. The molecule has 1 heterocycles. The maximum atomic E-state index is 12.4. The third-order valence-electron chi connectivity index (χ3n) is 3.01. The van der Waals surface area contributed by atoms with E-state index in [4.69, 9.17) is 29.6 Å². The van der Waals surface area contributed by atoms with E-state index in [9.17, 15) is 4.79 Å². The quantitative estimate of drug-likeness (QED) is 0.837. The molecule has 1 saturated heterocycles. The number of hydrogen-bond donors (Lipinski definition) is 1. The molecule has 0 saturated carbocycles. The van der Waals surface area contributed by atoms with Crippen molar-refractivity contribution in [1.29, 1.82) is 0 Å². The number of carbonyl (C=O) groups is 1. The van der Waals surface area contributed by atoms with Gasteiger partial charge >= 0.3 is 0 Å². The molecule has 1 amide bonds. The minimum absolute atomic E-state index is 0.0531. The van der Waals surface area contributed by atoms with E-state index in [2.05, 4.69) is 15.9 Å². The summed E-state index contributed by atoms with van der Waals surface area (Å²) in [6, 6.07) is 5.01. The zero-order valence-corrected chi connectivity index (χ0v) is 12.7. The molecule has 0 aliphatic carbocycles. The van der Waals surface area contributed by atoms with E-state index in [1.165, 1.54) is 0 Å². The van der Waals surface area contributed by atoms with E-state index in [-0.39, 0.29) is 11.9 Å². The number of nitrogens with zero attached hydrogens (tertiary/aromatic N) is 1. The first kappa shape index (κ1) is 13.8. The van der Waals surface area contributed by atoms with Crippen molar-refractivity contribution in [2.45, 2.75) is 18.9 Å². The number of nitrogens with two attached hydrogens (primary N) is 1. The molecule has 1 aromatic carbocycles. The van der Waals surface area contributed by atoms with E-state index in [1.807, 2.05) is 0 Å². The molecule has 0 bridgehead atoms. The largest absolute Gasteiger partial charge is 0.392 e. The first-order valence-corrected chi connectivity index (χ1v) is 7.14. The van der Waals surface area contributed by atoms with Crippen LogP contribution in [0.4, 0.5) is 0 Å². The van der Waals surface area contributed by atoms with Crippen molar-refractivity contribution in [3.63, 3.8) is 0 Å². The number of rotatable bonds is 2. The molecule has 2 rings (SSSR count). The predicted molar refractivity (Wildman–Crippen MR) is 80.0 cm³/mol. The Morgan fingerprint density at radius 1 is 1.56 bits per heavy atom. The van der Waals surface area contributed by atoms with Crippen LogP contribution in [0.1, 0.15) is 23.2 Å². The fourth-order valence-corrected chi connectivity index (χ4v) is 2.84. The van der Waals surface area contributed by atoms with Crippen LogP contribution < -0.4 is 5.73 Å². The highest BCUT2D eigenvalue weighted by Crippen LogP contribution is 2.26. The Morgan fingerprint density at radius 2 is 2.28 bits per heavy atom. The molecule has 1 aromatic rings. The Kier molecular flexibility index (Phi) is 4.25. The number of benzene rings is 1. The minimum Gasteiger partial charge on any atom is -0.392 e. The lowest BCUT2D eigenvalue weighted by Crippen LogP contribution is -2.42. The third-order valence-corrected chi connectivity index (χ3v) is 4.49. The first-order valence-electron chi connectivity index (χ1n) is 5.56. The number of halogens is 2. The standard InChI is InChI=1S/C12H12BrClN2OS/c13-8-6-7(3-4-9(8)14)12(17)16-5-1-2-10(16)11(15)18/h3-4,6,10H,1-2,5H2,(H2,15,18). The molecule has 1 fully saturated rings. The van der Waals surface area contributed by atoms with Gasteiger partial charge in [-0.2, -0.15) is 0 Å². The monoisotopic (exact) mass is 346 g/mol. The van der Waals surface area contributed by atoms with Crippen LogP contribution >= 0.6 is 39.7 Å². The predicted octanol–water partition coefficient (Wildman–Crippen LogP) is 2.99. The molecule has 6 heteroatoms. The Labute approximate surface area is 124 Å². The number of amides is 1. The molecule has 1 aliphatic heterocycles. The van der Waals surface area contributed by atoms with Gasteiger partial charge in [-0.05, 0) is 47.0 Å². The molecule has 3 nitrogen and oxygen atoms in total. The fourth-order valence-electron chi connectivity index (χ4n) is 2.10. The van der Waals surface area contributed by atoms with Gasteiger partial charge in [-0.1, -0.05) is 23.8 Å². The van der Waals surface area contributed by atoms with Gasteiger partial charge in [-0.3, -0.25) is 4.79 Å². The molecular formula is C12H12BrClN2OS. The molecule has 0 spiro atoms. The Bertz CT molecular complexity index is 509. The highest BCUT2D eigenvalue weighted by atomic mass is 79.9. The molecular weight excluding hydrogens is 336 g/mol. The summed E-state index contributed by atoms with van der Waals surface area (Å²) in [6.07, 6.45) is 1.78. The molecule has 0 aromatic heterocycles. The summed E-state index contributed by atoms with van der Waals surface area (Å²) in [7, 11) is 0. The maximum Gasteiger partial charge on any atom is 0.254 e. The number of hydrogen-bond acceptors (Lipinski definition) is 2. The van der Waals surface area contributed by atoms with Crippen LogP contribution in [0.5, 0.6) is 0 Å². The summed E-state index contributed by atoms with van der Waals surface area (Å²) < 4.78 is 0.709. The third kappa shape index (κ3) is 2.68. The molecule has 1 atom stereocenters. The van der Waals surface area contributed by atoms with E-state index in [0.717, 1.165) is 12.8 Å². The van der Waals surface area contributed by atoms with Crippen LogP contribution in [0.2, 0.25) is 5.02 Å². The van der Waals surface area contributed by atoms with Gasteiger partial charge in [-0.15, -0.1) is 0 Å². The average Bonchev–Trinajstić information content (AvgIpc) is 2.81. The van der Waals surface area contributed by atoms with Crippen molar-refractivity contribution in [1.82, 2.24) is 4.90 Å². The van der Waals surface area contributed by atoms with Crippen molar-refractivity contribution in [2.75, 3.05) is 6.54 Å². The molecule has 18 heavy (non-hydrogen) atoms. The number of likely N-dealkylation sites (tertiary alicyclic amines) is 1. The molecule has 2 N–H and O–H groups in total. The first-order chi connectivity index (χ1) is 8.50. The van der Waals surface area contributed by atoms with Crippen molar-refractivity contribution in [2.24, 2.45) is 5.73 Å². The Morgan fingerprint density at radius 3 is 2.89 bits per heavy atom. The van der Waals surface area contributed by atoms with Gasteiger partial charge in [0.05, 0.1) is 16.1 Å². The summed E-state index contributed by atoms with van der Waals surface area (Å²) in [5.74, 6) is -0.0531. The van der Waals surface area contributed by atoms with Crippen LogP contribution in [0.25, 0.3) is 0 Å². The Balaban J connectivity index is 2.25. The van der Waals surface area contributed by atoms with Crippen LogP contribution in [-0.4, -0.2) is 28.4 Å². The van der Waals surface area contributed by atoms with Crippen LogP contribution in [0.15, 0.2) is 22.7 Å². The van der Waals surface area contributed by atoms with E-state index in [1.54, 1.807) is 23.1 Å².